The zero-order valence-corrected chi connectivity index (χ0v) is 18.2. The summed E-state index contributed by atoms with van der Waals surface area (Å²) in [7, 11) is -3.21. The predicted molar refractivity (Wildman–Crippen MR) is 115 cm³/mol. The molecule has 9 heteroatoms. The summed E-state index contributed by atoms with van der Waals surface area (Å²) >= 11 is 0. The molecule has 0 bridgehead atoms. The zero-order valence-electron chi connectivity index (χ0n) is 17.4. The van der Waals surface area contributed by atoms with E-state index in [0.29, 0.717) is 29.0 Å². The van der Waals surface area contributed by atoms with Crippen molar-refractivity contribution in [3.8, 4) is 5.75 Å². The van der Waals surface area contributed by atoms with Crippen LogP contribution in [-0.4, -0.2) is 55.7 Å². The van der Waals surface area contributed by atoms with Crippen molar-refractivity contribution in [1.29, 1.82) is 0 Å². The van der Waals surface area contributed by atoms with Gasteiger partial charge in [-0.1, -0.05) is 25.1 Å². The van der Waals surface area contributed by atoms with Gasteiger partial charge in [0.15, 0.2) is 9.84 Å². The van der Waals surface area contributed by atoms with E-state index in [2.05, 4.69) is 5.32 Å². The van der Waals surface area contributed by atoms with Crippen molar-refractivity contribution < 1.29 is 27.5 Å². The highest BCUT2D eigenvalue weighted by atomic mass is 32.2. The fourth-order valence-electron chi connectivity index (χ4n) is 3.26. The molecule has 0 aromatic heterocycles. The summed E-state index contributed by atoms with van der Waals surface area (Å²) in [4.78, 5) is 39.0. The lowest BCUT2D eigenvalue weighted by Gasteiger charge is -2.16. The minimum absolute atomic E-state index is 0.00281. The molecule has 1 heterocycles. The Hall–Kier alpha value is -3.20. The third-order valence-corrected chi connectivity index (χ3v) is 6.65. The van der Waals surface area contributed by atoms with E-state index in [1.165, 1.54) is 0 Å². The molecule has 164 valence electrons. The number of imide groups is 1. The molecule has 0 unspecified atom stereocenters. The van der Waals surface area contributed by atoms with Crippen molar-refractivity contribution in [1.82, 2.24) is 10.2 Å². The molecule has 0 aliphatic carbocycles. The van der Waals surface area contributed by atoms with Gasteiger partial charge in [-0.15, -0.1) is 0 Å². The van der Waals surface area contributed by atoms with E-state index in [1.54, 1.807) is 56.3 Å². The number of carbonyl (C=O) groups is 3. The molecule has 0 spiro atoms. The van der Waals surface area contributed by atoms with E-state index in [9.17, 15) is 22.8 Å². The first-order chi connectivity index (χ1) is 14.8. The first kappa shape index (κ1) is 22.5. The molecule has 1 N–H and O–H groups in total. The van der Waals surface area contributed by atoms with Crippen LogP contribution in [0.4, 0.5) is 0 Å². The summed E-state index contributed by atoms with van der Waals surface area (Å²) in [6.07, 6.45) is 0. The van der Waals surface area contributed by atoms with Crippen LogP contribution in [0.2, 0.25) is 0 Å². The molecular formula is C22H24N2O6S. The number of rotatable bonds is 9. The second kappa shape index (κ2) is 9.30. The SMILES string of the molecule is CCOc1ccc(CN2C(=O)c3ccccc3C2=O)cc1C(=O)NCCS(=O)(=O)CC. The van der Waals surface area contributed by atoms with Crippen LogP contribution in [0.1, 0.15) is 50.5 Å². The Kier molecular flexibility index (Phi) is 6.74. The van der Waals surface area contributed by atoms with Gasteiger partial charge in [0.1, 0.15) is 5.75 Å². The summed E-state index contributed by atoms with van der Waals surface area (Å²) < 4.78 is 28.8. The highest BCUT2D eigenvalue weighted by molar-refractivity contribution is 7.91. The maximum absolute atomic E-state index is 12.7. The van der Waals surface area contributed by atoms with Gasteiger partial charge in [0.05, 0.1) is 35.6 Å². The number of nitrogens with one attached hydrogen (secondary N) is 1. The van der Waals surface area contributed by atoms with E-state index in [4.69, 9.17) is 4.74 Å². The Morgan fingerprint density at radius 1 is 1.03 bits per heavy atom. The molecule has 0 saturated carbocycles. The summed E-state index contributed by atoms with van der Waals surface area (Å²) in [5, 5.41) is 2.60. The highest BCUT2D eigenvalue weighted by Gasteiger charge is 2.35. The summed E-state index contributed by atoms with van der Waals surface area (Å²) in [5.74, 6) is -1.07. The smallest absolute Gasteiger partial charge is 0.261 e. The Bertz CT molecular complexity index is 1090. The van der Waals surface area contributed by atoms with E-state index in [-0.39, 0.29) is 42.0 Å². The Labute approximate surface area is 181 Å². The number of hydrogen-bond donors (Lipinski definition) is 1. The Balaban J connectivity index is 1.79. The van der Waals surface area contributed by atoms with Crippen LogP contribution in [0.5, 0.6) is 5.75 Å². The molecule has 3 amide bonds. The van der Waals surface area contributed by atoms with Gasteiger partial charge in [0.2, 0.25) is 0 Å². The van der Waals surface area contributed by atoms with Gasteiger partial charge >= 0.3 is 0 Å². The molecular weight excluding hydrogens is 420 g/mol. The van der Waals surface area contributed by atoms with Crippen molar-refractivity contribution >= 4 is 27.6 Å². The average Bonchev–Trinajstić information content (AvgIpc) is 3.00. The molecule has 0 fully saturated rings. The van der Waals surface area contributed by atoms with Crippen molar-refractivity contribution in [3.05, 3.63) is 64.7 Å². The van der Waals surface area contributed by atoms with Crippen molar-refractivity contribution in [2.75, 3.05) is 24.7 Å². The monoisotopic (exact) mass is 444 g/mol. The van der Waals surface area contributed by atoms with Crippen LogP contribution in [0.25, 0.3) is 0 Å². The zero-order chi connectivity index (χ0) is 22.6. The van der Waals surface area contributed by atoms with Crippen LogP contribution < -0.4 is 10.1 Å². The first-order valence-electron chi connectivity index (χ1n) is 9.97. The quantitative estimate of drug-likeness (QED) is 0.593. The van der Waals surface area contributed by atoms with E-state index in [0.717, 1.165) is 4.90 Å². The number of sulfone groups is 1. The second-order valence-corrected chi connectivity index (χ2v) is 9.47. The normalized spacial score (nSPS) is 13.3. The van der Waals surface area contributed by atoms with Gasteiger partial charge in [0, 0.05) is 12.3 Å². The van der Waals surface area contributed by atoms with Gasteiger partial charge in [-0.05, 0) is 36.8 Å². The molecule has 1 aliphatic rings. The number of carbonyl (C=O) groups excluding carboxylic acids is 3. The molecule has 0 atom stereocenters. The third kappa shape index (κ3) is 4.93. The molecule has 3 rings (SSSR count). The number of benzene rings is 2. The van der Waals surface area contributed by atoms with Gasteiger partial charge in [0.25, 0.3) is 17.7 Å². The topological polar surface area (TPSA) is 110 Å². The van der Waals surface area contributed by atoms with E-state index < -0.39 is 15.7 Å². The number of ether oxygens (including phenoxy) is 1. The molecule has 2 aromatic carbocycles. The van der Waals surface area contributed by atoms with Gasteiger partial charge in [-0.2, -0.15) is 0 Å². The lowest BCUT2D eigenvalue weighted by Crippen LogP contribution is -2.31. The molecule has 8 nitrogen and oxygen atoms in total. The highest BCUT2D eigenvalue weighted by Crippen LogP contribution is 2.26. The van der Waals surface area contributed by atoms with Crippen LogP contribution in [0.15, 0.2) is 42.5 Å². The predicted octanol–water partition coefficient (Wildman–Crippen LogP) is 2.05. The minimum Gasteiger partial charge on any atom is -0.493 e. The number of nitrogens with zero attached hydrogens (tertiary/aromatic N) is 1. The standard InChI is InChI=1S/C22H24N2O6S/c1-3-30-19-10-9-15(13-18(19)20(25)23-11-12-31(28,29)4-2)14-24-21(26)16-7-5-6-8-17(16)22(24)27/h5-10,13H,3-4,11-12,14H2,1-2H3,(H,23,25). The van der Waals surface area contributed by atoms with E-state index >= 15 is 0 Å². The molecule has 0 radical (unpaired) electrons. The maximum Gasteiger partial charge on any atom is 0.261 e. The number of hydrogen-bond acceptors (Lipinski definition) is 6. The van der Waals surface area contributed by atoms with Crippen molar-refractivity contribution in [2.24, 2.45) is 0 Å². The van der Waals surface area contributed by atoms with Crippen LogP contribution in [0.3, 0.4) is 0 Å². The fourth-order valence-corrected chi connectivity index (χ4v) is 3.96. The average molecular weight is 445 g/mol. The lowest BCUT2D eigenvalue weighted by atomic mass is 10.1. The summed E-state index contributed by atoms with van der Waals surface area (Å²) in [5.41, 5.74) is 1.50. The molecule has 2 aromatic rings. The summed E-state index contributed by atoms with van der Waals surface area (Å²) in [6.45, 7) is 3.64. The van der Waals surface area contributed by atoms with Gasteiger partial charge in [-0.25, -0.2) is 8.42 Å². The first-order valence-corrected chi connectivity index (χ1v) is 11.8. The number of fused-ring (bicyclic) bond motifs is 1. The van der Waals surface area contributed by atoms with Crippen molar-refractivity contribution in [2.45, 2.75) is 20.4 Å². The number of amides is 3. The van der Waals surface area contributed by atoms with Gasteiger partial charge in [-0.3, -0.25) is 19.3 Å². The van der Waals surface area contributed by atoms with Crippen LogP contribution in [-0.2, 0) is 16.4 Å². The Morgan fingerprint density at radius 2 is 1.68 bits per heavy atom. The third-order valence-electron chi connectivity index (χ3n) is 4.95. The molecule has 31 heavy (non-hydrogen) atoms. The lowest BCUT2D eigenvalue weighted by molar-refractivity contribution is 0.0642. The largest absolute Gasteiger partial charge is 0.493 e. The van der Waals surface area contributed by atoms with Crippen LogP contribution in [0, 0.1) is 0 Å². The maximum atomic E-state index is 12.7. The van der Waals surface area contributed by atoms with E-state index in [1.807, 2.05) is 0 Å². The molecule has 0 saturated heterocycles. The Morgan fingerprint density at radius 3 is 2.26 bits per heavy atom. The van der Waals surface area contributed by atoms with Gasteiger partial charge < -0.3 is 10.1 Å². The second-order valence-electron chi connectivity index (χ2n) is 7.00. The van der Waals surface area contributed by atoms with Crippen LogP contribution >= 0.6 is 0 Å². The minimum atomic E-state index is -3.21. The summed E-state index contributed by atoms with van der Waals surface area (Å²) in [6, 6.07) is 11.5. The fraction of sp³-hybridized carbons (Fsp3) is 0.318. The van der Waals surface area contributed by atoms with Crippen molar-refractivity contribution in [3.63, 3.8) is 0 Å². The molecule has 1 aliphatic heterocycles.